The number of hydrogen-bond acceptors (Lipinski definition) is 4. The molecule has 0 aliphatic rings. The fourth-order valence-corrected chi connectivity index (χ4v) is 1.85. The van der Waals surface area contributed by atoms with Gasteiger partial charge in [-0.3, -0.25) is 9.59 Å². The summed E-state index contributed by atoms with van der Waals surface area (Å²) in [7, 11) is 0. The van der Waals surface area contributed by atoms with Gasteiger partial charge in [-0.1, -0.05) is 23.7 Å². The Hall–Kier alpha value is -2.40. The number of hydrogen-bond donors (Lipinski definition) is 2. The number of aromatic hydroxyl groups is 1. The van der Waals surface area contributed by atoms with E-state index in [1.54, 1.807) is 0 Å². The van der Waals surface area contributed by atoms with Gasteiger partial charge in [-0.05, 0) is 23.7 Å². The van der Waals surface area contributed by atoms with Crippen LogP contribution in [0.4, 0.5) is 0 Å². The Bertz CT molecular complexity index is 795. The Balaban J connectivity index is 2.39. The van der Waals surface area contributed by atoms with Crippen LogP contribution in [-0.2, 0) is 4.79 Å². The topological polar surface area (TPSA) is 87.5 Å². The number of carboxylic acid groups (broad SMARTS) is 1. The highest BCUT2D eigenvalue weighted by Crippen LogP contribution is 2.27. The Morgan fingerprint density at radius 1 is 1.33 bits per heavy atom. The van der Waals surface area contributed by atoms with Crippen LogP contribution in [0.15, 0.2) is 36.5 Å². The zero-order valence-electron chi connectivity index (χ0n) is 12.8. The first-order valence-electron chi connectivity index (χ1n) is 7.01. The highest BCUT2D eigenvalue weighted by molar-refractivity contribution is 6.30. The Morgan fingerprint density at radius 3 is 2.76 bits per heavy atom. The second-order valence-electron chi connectivity index (χ2n) is 4.23. The summed E-state index contributed by atoms with van der Waals surface area (Å²) in [6, 6.07) is 4.00. The molecule has 2 aromatic rings. The molecule has 0 spiro atoms. The summed E-state index contributed by atoms with van der Waals surface area (Å²) in [5.74, 6) is -2.15. The van der Waals surface area contributed by atoms with Crippen LogP contribution in [-0.4, -0.2) is 26.9 Å². The monoisotopic (exact) mass is 307 g/mol. The van der Waals surface area contributed by atoms with E-state index in [2.05, 4.69) is 4.98 Å². The van der Waals surface area contributed by atoms with Crippen molar-refractivity contribution in [1.29, 1.82) is 0 Å². The van der Waals surface area contributed by atoms with Crippen molar-refractivity contribution in [3.63, 3.8) is 0 Å². The molecule has 6 heteroatoms. The SMILES string of the molecule is [2H]c1ccc(Cl)c([2H])c1-c1cnc(C(=O)CCC(=O)O)c(O)c1. The van der Waals surface area contributed by atoms with Crippen molar-refractivity contribution in [2.45, 2.75) is 12.8 Å². The van der Waals surface area contributed by atoms with Crippen LogP contribution in [0.2, 0.25) is 5.02 Å². The van der Waals surface area contributed by atoms with E-state index in [0.29, 0.717) is 0 Å². The first-order valence-corrected chi connectivity index (χ1v) is 6.39. The van der Waals surface area contributed by atoms with Crippen LogP contribution in [0, 0.1) is 0 Å². The van der Waals surface area contributed by atoms with Crippen LogP contribution in [0.25, 0.3) is 11.1 Å². The van der Waals surface area contributed by atoms with Crippen molar-refractivity contribution >= 4 is 23.4 Å². The summed E-state index contributed by atoms with van der Waals surface area (Å²) < 4.78 is 15.7. The minimum atomic E-state index is -1.12. The summed E-state index contributed by atoms with van der Waals surface area (Å²) in [5.41, 5.74) is 0.217. The van der Waals surface area contributed by atoms with E-state index >= 15 is 0 Å². The lowest BCUT2D eigenvalue weighted by Crippen LogP contribution is -2.06. The Labute approximate surface area is 128 Å². The number of aliphatic carboxylic acids is 1. The van der Waals surface area contributed by atoms with Gasteiger partial charge in [-0.25, -0.2) is 4.98 Å². The second-order valence-corrected chi connectivity index (χ2v) is 4.64. The summed E-state index contributed by atoms with van der Waals surface area (Å²) >= 11 is 5.86. The van der Waals surface area contributed by atoms with Gasteiger partial charge in [0, 0.05) is 23.2 Å². The molecule has 0 bridgehead atoms. The number of ketones is 1. The fraction of sp³-hybridized carbons (Fsp3) is 0.133. The maximum atomic E-state index is 11.8. The van der Waals surface area contributed by atoms with Crippen LogP contribution in [0.3, 0.4) is 0 Å². The van der Waals surface area contributed by atoms with Crippen LogP contribution < -0.4 is 0 Å². The summed E-state index contributed by atoms with van der Waals surface area (Å²) in [4.78, 5) is 26.1. The number of benzene rings is 1. The highest BCUT2D eigenvalue weighted by atomic mass is 35.5. The third-order valence-corrected chi connectivity index (χ3v) is 2.91. The zero-order chi connectivity index (χ0) is 17.1. The molecule has 0 saturated carbocycles. The molecule has 2 rings (SSSR count). The number of Topliss-reactive ketones (excluding diaryl/α,β-unsaturated/α-hetero) is 1. The van der Waals surface area contributed by atoms with Crippen molar-refractivity contribution < 1.29 is 22.5 Å². The number of pyridine rings is 1. The maximum absolute atomic E-state index is 11.8. The molecule has 0 atom stereocenters. The van der Waals surface area contributed by atoms with Gasteiger partial charge < -0.3 is 10.2 Å². The number of carbonyl (C=O) groups excluding carboxylic acids is 1. The molecule has 0 unspecified atom stereocenters. The van der Waals surface area contributed by atoms with E-state index < -0.39 is 17.5 Å². The number of halogens is 1. The molecule has 21 heavy (non-hydrogen) atoms. The largest absolute Gasteiger partial charge is 0.506 e. The lowest BCUT2D eigenvalue weighted by molar-refractivity contribution is -0.136. The molecule has 5 nitrogen and oxygen atoms in total. The van der Waals surface area contributed by atoms with Gasteiger partial charge in [0.25, 0.3) is 0 Å². The Kier molecular flexibility index (Phi) is 3.74. The van der Waals surface area contributed by atoms with Crippen LogP contribution in [0.1, 0.15) is 26.1 Å². The lowest BCUT2D eigenvalue weighted by atomic mass is 10.1. The number of carboxylic acids is 1. The standard InChI is InChI=1S/C15H12ClNO4/c16-11-3-1-2-9(6-11)10-7-13(19)15(17-8-10)12(18)4-5-14(20)21/h1-3,6-8,19H,4-5H2,(H,20,21)/i2D,6D. The van der Waals surface area contributed by atoms with Crippen molar-refractivity contribution in [3.05, 3.63) is 47.2 Å². The van der Waals surface area contributed by atoms with E-state index in [-0.39, 0.29) is 46.8 Å². The van der Waals surface area contributed by atoms with Gasteiger partial charge >= 0.3 is 5.97 Å². The van der Waals surface area contributed by atoms with Crippen molar-refractivity contribution in [2.75, 3.05) is 0 Å². The molecular formula is C15H12ClNO4. The summed E-state index contributed by atoms with van der Waals surface area (Å²) in [6.45, 7) is 0. The van der Waals surface area contributed by atoms with Crippen LogP contribution in [0.5, 0.6) is 5.75 Å². The van der Waals surface area contributed by atoms with Gasteiger partial charge in [0.1, 0.15) is 11.4 Å². The lowest BCUT2D eigenvalue weighted by Gasteiger charge is -2.06. The molecule has 0 saturated heterocycles. The number of aromatic nitrogens is 1. The average molecular weight is 308 g/mol. The first kappa shape index (κ1) is 12.3. The van der Waals surface area contributed by atoms with Gasteiger partial charge in [0.15, 0.2) is 5.78 Å². The average Bonchev–Trinajstić information content (AvgIpc) is 2.49. The third-order valence-electron chi connectivity index (χ3n) is 2.69. The molecule has 0 amide bonds. The normalized spacial score (nSPS) is 11.7. The van der Waals surface area contributed by atoms with Gasteiger partial charge in [0.05, 0.1) is 9.16 Å². The molecule has 1 heterocycles. The predicted molar refractivity (Wildman–Crippen MR) is 77.5 cm³/mol. The van der Waals surface area contributed by atoms with Crippen molar-refractivity contribution in [3.8, 4) is 16.9 Å². The predicted octanol–water partition coefficient (Wildman–Crippen LogP) is 3.16. The molecule has 2 N–H and O–H groups in total. The van der Waals surface area contributed by atoms with Gasteiger partial charge in [0.2, 0.25) is 0 Å². The summed E-state index contributed by atoms with van der Waals surface area (Å²) in [6.07, 6.45) is 0.610. The van der Waals surface area contributed by atoms with E-state index in [9.17, 15) is 14.7 Å². The van der Waals surface area contributed by atoms with Crippen LogP contribution >= 0.6 is 11.6 Å². The zero-order valence-corrected chi connectivity index (χ0v) is 11.5. The third kappa shape index (κ3) is 3.79. The molecule has 0 aliphatic carbocycles. The molecule has 0 aliphatic heterocycles. The van der Waals surface area contributed by atoms with E-state index in [1.165, 1.54) is 24.4 Å². The fourth-order valence-electron chi connectivity index (χ4n) is 1.69. The second kappa shape index (κ2) is 6.37. The van der Waals surface area contributed by atoms with E-state index in [4.69, 9.17) is 19.4 Å². The summed E-state index contributed by atoms with van der Waals surface area (Å²) in [5, 5.41) is 18.7. The van der Waals surface area contributed by atoms with Gasteiger partial charge in [-0.2, -0.15) is 0 Å². The van der Waals surface area contributed by atoms with Crippen molar-refractivity contribution in [1.82, 2.24) is 4.98 Å². The highest BCUT2D eigenvalue weighted by Gasteiger charge is 2.15. The molecule has 0 radical (unpaired) electrons. The molecule has 108 valence electrons. The molecular weight excluding hydrogens is 294 g/mol. The smallest absolute Gasteiger partial charge is 0.303 e. The van der Waals surface area contributed by atoms with Crippen molar-refractivity contribution in [2.24, 2.45) is 0 Å². The number of rotatable bonds is 5. The molecule has 0 fully saturated rings. The van der Waals surface area contributed by atoms with E-state index in [1.807, 2.05) is 0 Å². The quantitative estimate of drug-likeness (QED) is 0.828. The maximum Gasteiger partial charge on any atom is 0.303 e. The number of nitrogens with zero attached hydrogens (tertiary/aromatic N) is 1. The minimum absolute atomic E-state index is 0.0329. The van der Waals surface area contributed by atoms with E-state index in [0.717, 1.165) is 0 Å². The molecule has 1 aromatic carbocycles. The molecule has 1 aromatic heterocycles. The van der Waals surface area contributed by atoms with Gasteiger partial charge in [-0.15, -0.1) is 0 Å². The minimum Gasteiger partial charge on any atom is -0.506 e. The first-order chi connectivity index (χ1) is 10.8. The Morgan fingerprint density at radius 2 is 2.10 bits per heavy atom. The number of carbonyl (C=O) groups is 2.